The van der Waals surface area contributed by atoms with Gasteiger partial charge in [-0.15, -0.1) is 35.3 Å². The van der Waals surface area contributed by atoms with E-state index in [1.54, 1.807) is 0 Å². The standard InChI is InChI=1S/C14H21F3N4OS.HI/c1-3-18-12(20-9-13(2)5-4-6-22-13)19-7-11-21-10(8-23-11)14(15,16)17;/h8H,3-7,9H2,1-2H3,(H2,18,19,20);1H. The number of nitrogens with zero attached hydrogens (tertiary/aromatic N) is 2. The van der Waals surface area contributed by atoms with Gasteiger partial charge in [0.2, 0.25) is 0 Å². The minimum atomic E-state index is -4.41. The largest absolute Gasteiger partial charge is 0.434 e. The van der Waals surface area contributed by atoms with Crippen molar-refractivity contribution in [3.63, 3.8) is 0 Å². The fourth-order valence-electron chi connectivity index (χ4n) is 2.25. The predicted octanol–water partition coefficient (Wildman–Crippen LogP) is 3.40. The van der Waals surface area contributed by atoms with Crippen LogP contribution in [0.5, 0.6) is 0 Å². The van der Waals surface area contributed by atoms with Crippen LogP contribution in [0.4, 0.5) is 13.2 Å². The minimum Gasteiger partial charge on any atom is -0.373 e. The van der Waals surface area contributed by atoms with Crippen LogP contribution in [0.2, 0.25) is 0 Å². The molecule has 0 radical (unpaired) electrons. The Balaban J connectivity index is 0.00000288. The molecular weight excluding hydrogens is 456 g/mol. The summed E-state index contributed by atoms with van der Waals surface area (Å²) in [6.07, 6.45) is -2.40. The minimum absolute atomic E-state index is 0. The van der Waals surface area contributed by atoms with Crippen molar-refractivity contribution in [3.8, 4) is 0 Å². The summed E-state index contributed by atoms with van der Waals surface area (Å²) in [7, 11) is 0. The third-order valence-corrected chi connectivity index (χ3v) is 4.32. The van der Waals surface area contributed by atoms with Crippen LogP contribution in [0.25, 0.3) is 0 Å². The van der Waals surface area contributed by atoms with E-state index in [4.69, 9.17) is 4.74 Å². The summed E-state index contributed by atoms with van der Waals surface area (Å²) in [6.45, 7) is 6.08. The molecule has 0 spiro atoms. The Morgan fingerprint density at radius 2 is 2.21 bits per heavy atom. The molecule has 1 fully saturated rings. The molecular formula is C14H22F3IN4OS. The smallest absolute Gasteiger partial charge is 0.373 e. The lowest BCUT2D eigenvalue weighted by molar-refractivity contribution is -0.140. The van der Waals surface area contributed by atoms with Gasteiger partial charge in [-0.1, -0.05) is 0 Å². The number of rotatable bonds is 5. The number of aromatic nitrogens is 1. The zero-order valence-electron chi connectivity index (χ0n) is 13.6. The molecule has 2 N–H and O–H groups in total. The average molecular weight is 478 g/mol. The number of hydrogen-bond acceptors (Lipinski definition) is 4. The molecule has 138 valence electrons. The first-order valence-electron chi connectivity index (χ1n) is 7.50. The van der Waals surface area contributed by atoms with E-state index >= 15 is 0 Å². The van der Waals surface area contributed by atoms with Crippen molar-refractivity contribution in [2.45, 2.75) is 45.0 Å². The second kappa shape index (κ2) is 9.18. The van der Waals surface area contributed by atoms with Crippen LogP contribution in [-0.2, 0) is 17.5 Å². The van der Waals surface area contributed by atoms with E-state index in [1.165, 1.54) is 0 Å². The summed E-state index contributed by atoms with van der Waals surface area (Å²) in [6, 6.07) is 0. The van der Waals surface area contributed by atoms with Crippen molar-refractivity contribution >= 4 is 41.3 Å². The van der Waals surface area contributed by atoms with Crippen LogP contribution < -0.4 is 10.6 Å². The molecule has 1 unspecified atom stereocenters. The van der Waals surface area contributed by atoms with Crippen LogP contribution in [0.15, 0.2) is 10.4 Å². The van der Waals surface area contributed by atoms with Crippen LogP contribution in [0.1, 0.15) is 37.4 Å². The van der Waals surface area contributed by atoms with Crippen molar-refractivity contribution in [2.75, 3.05) is 19.7 Å². The number of aliphatic imine (C=N–C) groups is 1. The highest BCUT2D eigenvalue weighted by atomic mass is 127. The van der Waals surface area contributed by atoms with E-state index in [0.717, 1.165) is 36.2 Å². The van der Waals surface area contributed by atoms with Crippen molar-refractivity contribution in [3.05, 3.63) is 16.1 Å². The summed E-state index contributed by atoms with van der Waals surface area (Å²) >= 11 is 0.961. The van der Waals surface area contributed by atoms with E-state index in [0.29, 0.717) is 24.1 Å². The maximum atomic E-state index is 12.5. The molecule has 24 heavy (non-hydrogen) atoms. The second-order valence-electron chi connectivity index (χ2n) is 5.57. The van der Waals surface area contributed by atoms with E-state index < -0.39 is 11.9 Å². The van der Waals surface area contributed by atoms with Gasteiger partial charge in [0.25, 0.3) is 0 Å². The second-order valence-corrected chi connectivity index (χ2v) is 6.52. The summed E-state index contributed by atoms with van der Waals surface area (Å²) in [4.78, 5) is 7.86. The quantitative estimate of drug-likeness (QED) is 0.387. The van der Waals surface area contributed by atoms with Gasteiger partial charge in [-0.3, -0.25) is 0 Å². The molecule has 2 heterocycles. The Hall–Kier alpha value is -0.620. The van der Waals surface area contributed by atoms with Crippen molar-refractivity contribution in [1.82, 2.24) is 15.6 Å². The number of alkyl halides is 3. The van der Waals surface area contributed by atoms with Gasteiger partial charge in [-0.2, -0.15) is 13.2 Å². The maximum absolute atomic E-state index is 12.5. The van der Waals surface area contributed by atoms with Gasteiger partial charge in [0.1, 0.15) is 5.01 Å². The highest BCUT2D eigenvalue weighted by Crippen LogP contribution is 2.30. The molecule has 1 aliphatic heterocycles. The molecule has 0 aliphatic carbocycles. The Bertz CT molecular complexity index is 544. The molecule has 5 nitrogen and oxygen atoms in total. The topological polar surface area (TPSA) is 58.5 Å². The summed E-state index contributed by atoms with van der Waals surface area (Å²) in [5, 5.41) is 7.59. The molecule has 0 aromatic carbocycles. The zero-order valence-corrected chi connectivity index (χ0v) is 16.7. The van der Waals surface area contributed by atoms with E-state index in [2.05, 4.69) is 20.6 Å². The van der Waals surface area contributed by atoms with Gasteiger partial charge in [-0.05, 0) is 26.7 Å². The molecule has 1 aliphatic rings. The number of nitrogens with one attached hydrogen (secondary N) is 2. The summed E-state index contributed by atoms with van der Waals surface area (Å²) < 4.78 is 43.3. The van der Waals surface area contributed by atoms with Crippen LogP contribution in [0.3, 0.4) is 0 Å². The molecule has 0 amide bonds. The molecule has 0 bridgehead atoms. The Morgan fingerprint density at radius 1 is 1.46 bits per heavy atom. The predicted molar refractivity (Wildman–Crippen MR) is 98.9 cm³/mol. The molecule has 10 heteroatoms. The zero-order chi connectivity index (χ0) is 16.9. The van der Waals surface area contributed by atoms with Crippen LogP contribution >= 0.6 is 35.3 Å². The number of thiazole rings is 1. The third-order valence-electron chi connectivity index (χ3n) is 3.49. The molecule has 2 rings (SSSR count). The Morgan fingerprint density at radius 3 is 2.75 bits per heavy atom. The van der Waals surface area contributed by atoms with Gasteiger partial charge < -0.3 is 15.4 Å². The van der Waals surface area contributed by atoms with Crippen molar-refractivity contribution in [1.29, 1.82) is 0 Å². The molecule has 1 atom stereocenters. The highest BCUT2D eigenvalue weighted by Gasteiger charge is 2.33. The monoisotopic (exact) mass is 478 g/mol. The maximum Gasteiger partial charge on any atom is 0.434 e. The third kappa shape index (κ3) is 6.36. The number of ether oxygens (including phenoxy) is 1. The Labute approximate surface area is 160 Å². The number of halogens is 4. The molecule has 1 aromatic heterocycles. The van der Waals surface area contributed by atoms with E-state index in [1.807, 2.05) is 13.8 Å². The fourth-order valence-corrected chi connectivity index (χ4v) is 2.97. The molecule has 1 aromatic rings. The van der Waals surface area contributed by atoms with E-state index in [9.17, 15) is 13.2 Å². The van der Waals surface area contributed by atoms with Gasteiger partial charge in [0.05, 0.1) is 12.1 Å². The summed E-state index contributed by atoms with van der Waals surface area (Å²) in [5.74, 6) is 0.549. The lowest BCUT2D eigenvalue weighted by atomic mass is 10.0. The van der Waals surface area contributed by atoms with Crippen molar-refractivity contribution < 1.29 is 17.9 Å². The Kier molecular flexibility index (Phi) is 8.20. The lowest BCUT2D eigenvalue weighted by Gasteiger charge is -2.24. The molecule has 0 saturated carbocycles. The molecule has 1 saturated heterocycles. The van der Waals surface area contributed by atoms with Crippen molar-refractivity contribution in [2.24, 2.45) is 4.99 Å². The first-order chi connectivity index (χ1) is 10.8. The van der Waals surface area contributed by atoms with Crippen LogP contribution in [-0.4, -0.2) is 36.2 Å². The van der Waals surface area contributed by atoms with E-state index in [-0.39, 0.29) is 36.1 Å². The van der Waals surface area contributed by atoms with Gasteiger partial charge in [0, 0.05) is 25.1 Å². The first-order valence-corrected chi connectivity index (χ1v) is 8.38. The van der Waals surface area contributed by atoms with Crippen LogP contribution in [0, 0.1) is 0 Å². The number of hydrogen-bond donors (Lipinski definition) is 2. The van der Waals surface area contributed by atoms with Gasteiger partial charge in [-0.25, -0.2) is 9.98 Å². The van der Waals surface area contributed by atoms with Gasteiger partial charge in [0.15, 0.2) is 11.7 Å². The van der Waals surface area contributed by atoms with Gasteiger partial charge >= 0.3 is 6.18 Å². The normalized spacial score (nSPS) is 21.5. The first kappa shape index (κ1) is 21.4. The highest BCUT2D eigenvalue weighted by molar-refractivity contribution is 14.0. The fraction of sp³-hybridized carbons (Fsp3) is 0.714. The lowest BCUT2D eigenvalue weighted by Crippen LogP contribution is -2.45. The number of guanidine groups is 1. The summed E-state index contributed by atoms with van der Waals surface area (Å²) in [5.41, 5.74) is -1.08. The SMILES string of the molecule is CCNC(=NCc1nc(C(F)(F)F)cs1)NCC1(C)CCCO1.I. The average Bonchev–Trinajstić information content (AvgIpc) is 3.11.